The number of aliphatic hydroxyl groups is 1. The van der Waals surface area contributed by atoms with E-state index in [1.165, 1.54) is 0 Å². The lowest BCUT2D eigenvalue weighted by molar-refractivity contribution is -0.132. The molecule has 1 aromatic carbocycles. The van der Waals surface area contributed by atoms with Crippen molar-refractivity contribution in [2.24, 2.45) is 0 Å². The summed E-state index contributed by atoms with van der Waals surface area (Å²) in [4.78, 5) is 13.1. The Morgan fingerprint density at radius 3 is 2.75 bits per heavy atom. The molecule has 5 heteroatoms. The monoisotopic (exact) mass is 278 g/mol. The van der Waals surface area contributed by atoms with Crippen molar-refractivity contribution in [2.45, 2.75) is 25.0 Å². The van der Waals surface area contributed by atoms with Crippen LogP contribution in [0.25, 0.3) is 0 Å². The van der Waals surface area contributed by atoms with Crippen molar-refractivity contribution in [1.82, 2.24) is 10.2 Å². The molecule has 1 aliphatic heterocycles. The van der Waals surface area contributed by atoms with Gasteiger partial charge in [0.05, 0.1) is 13.2 Å². The number of likely N-dealkylation sites (N-methyl/N-ethyl adjacent to an activating group) is 1. The molecule has 1 fully saturated rings. The van der Waals surface area contributed by atoms with Crippen molar-refractivity contribution in [2.75, 3.05) is 27.2 Å². The third kappa shape index (κ3) is 3.71. The first kappa shape index (κ1) is 14.8. The number of benzene rings is 1. The summed E-state index contributed by atoms with van der Waals surface area (Å²) >= 11 is 0. The molecule has 0 aliphatic carbocycles. The zero-order valence-electron chi connectivity index (χ0n) is 12.0. The van der Waals surface area contributed by atoms with Crippen LogP contribution in [0.3, 0.4) is 0 Å². The zero-order chi connectivity index (χ0) is 14.5. The Hall–Kier alpha value is -1.59. The van der Waals surface area contributed by atoms with Gasteiger partial charge in [-0.2, -0.15) is 0 Å². The van der Waals surface area contributed by atoms with Gasteiger partial charge in [0, 0.05) is 32.6 Å². The van der Waals surface area contributed by atoms with E-state index in [4.69, 9.17) is 4.74 Å². The Kier molecular flexibility index (Phi) is 4.98. The molecule has 1 aromatic rings. The summed E-state index contributed by atoms with van der Waals surface area (Å²) < 4.78 is 5.09. The molecule has 2 unspecified atom stereocenters. The highest BCUT2D eigenvalue weighted by Gasteiger charge is 2.23. The van der Waals surface area contributed by atoms with E-state index >= 15 is 0 Å². The van der Waals surface area contributed by atoms with Gasteiger partial charge < -0.3 is 20.1 Å². The molecule has 0 bridgehead atoms. The van der Waals surface area contributed by atoms with Gasteiger partial charge in [-0.05, 0) is 24.1 Å². The smallest absolute Gasteiger partial charge is 0.222 e. The Labute approximate surface area is 119 Å². The molecule has 0 spiro atoms. The van der Waals surface area contributed by atoms with Crippen molar-refractivity contribution in [3.05, 3.63) is 29.8 Å². The van der Waals surface area contributed by atoms with Crippen LogP contribution in [0, 0.1) is 0 Å². The quantitative estimate of drug-likeness (QED) is 0.841. The van der Waals surface area contributed by atoms with E-state index in [2.05, 4.69) is 5.32 Å². The number of hydrogen-bond acceptors (Lipinski definition) is 4. The minimum atomic E-state index is -0.552. The molecule has 1 heterocycles. The average molecular weight is 278 g/mol. The Bertz CT molecular complexity index is 447. The number of nitrogens with zero attached hydrogens (tertiary/aromatic N) is 1. The molecule has 0 radical (unpaired) electrons. The first-order chi connectivity index (χ1) is 9.60. The molecule has 1 amide bonds. The highest BCUT2D eigenvalue weighted by molar-refractivity contribution is 5.76. The van der Waals surface area contributed by atoms with Crippen LogP contribution < -0.4 is 10.1 Å². The number of nitrogens with one attached hydrogen (secondary N) is 1. The maximum absolute atomic E-state index is 11.4. The van der Waals surface area contributed by atoms with E-state index in [-0.39, 0.29) is 11.9 Å². The molecule has 5 nitrogen and oxygen atoms in total. The fraction of sp³-hybridized carbons (Fsp3) is 0.533. The molecule has 110 valence electrons. The summed E-state index contributed by atoms with van der Waals surface area (Å²) in [5.41, 5.74) is 0.860. The number of hydrogen-bond donors (Lipinski definition) is 2. The van der Waals surface area contributed by atoms with E-state index in [1.807, 2.05) is 31.3 Å². The second-order valence-electron chi connectivity index (χ2n) is 5.21. The van der Waals surface area contributed by atoms with Crippen LogP contribution in [-0.4, -0.2) is 49.2 Å². The van der Waals surface area contributed by atoms with E-state index in [0.717, 1.165) is 17.7 Å². The molecule has 2 atom stereocenters. The SMILES string of the molecule is COc1ccc(C(O)CNC2CCC(=O)N(C)C2)cc1. The lowest BCUT2D eigenvalue weighted by atomic mass is 10.0. The second kappa shape index (κ2) is 6.72. The zero-order valence-corrected chi connectivity index (χ0v) is 12.0. The number of rotatable bonds is 5. The first-order valence-electron chi connectivity index (χ1n) is 6.89. The van der Waals surface area contributed by atoms with Gasteiger partial charge in [-0.25, -0.2) is 0 Å². The number of piperidine rings is 1. The minimum Gasteiger partial charge on any atom is -0.497 e. The Balaban J connectivity index is 1.82. The van der Waals surface area contributed by atoms with E-state index in [0.29, 0.717) is 19.5 Å². The summed E-state index contributed by atoms with van der Waals surface area (Å²) in [5, 5.41) is 13.5. The standard InChI is InChI=1S/C15H22N2O3/c1-17-10-12(5-8-15(17)19)16-9-14(18)11-3-6-13(20-2)7-4-11/h3-4,6-7,12,14,16,18H,5,8-10H2,1-2H3. The highest BCUT2D eigenvalue weighted by atomic mass is 16.5. The third-order valence-electron chi connectivity index (χ3n) is 3.73. The molecular formula is C15H22N2O3. The van der Waals surface area contributed by atoms with Crippen LogP contribution in [0.4, 0.5) is 0 Å². The number of likely N-dealkylation sites (tertiary alicyclic amines) is 1. The molecule has 1 saturated heterocycles. The summed E-state index contributed by atoms with van der Waals surface area (Å²) in [5.74, 6) is 0.972. The fourth-order valence-corrected chi connectivity index (χ4v) is 2.40. The molecule has 20 heavy (non-hydrogen) atoms. The largest absolute Gasteiger partial charge is 0.497 e. The number of carbonyl (C=O) groups is 1. The van der Waals surface area contributed by atoms with Gasteiger partial charge in [0.15, 0.2) is 0 Å². The van der Waals surface area contributed by atoms with Crippen molar-refractivity contribution in [1.29, 1.82) is 0 Å². The number of amides is 1. The van der Waals surface area contributed by atoms with Crippen molar-refractivity contribution in [3.8, 4) is 5.75 Å². The molecule has 2 rings (SSSR count). The van der Waals surface area contributed by atoms with Crippen LogP contribution in [0.1, 0.15) is 24.5 Å². The third-order valence-corrected chi connectivity index (χ3v) is 3.73. The van der Waals surface area contributed by atoms with Gasteiger partial charge in [0.2, 0.25) is 5.91 Å². The van der Waals surface area contributed by atoms with E-state index in [1.54, 1.807) is 12.0 Å². The van der Waals surface area contributed by atoms with Gasteiger partial charge in [0.25, 0.3) is 0 Å². The van der Waals surface area contributed by atoms with Crippen LogP contribution in [0.15, 0.2) is 24.3 Å². The van der Waals surface area contributed by atoms with Crippen LogP contribution in [0.5, 0.6) is 5.75 Å². The topological polar surface area (TPSA) is 61.8 Å². The summed E-state index contributed by atoms with van der Waals surface area (Å²) in [6.45, 7) is 1.19. The van der Waals surface area contributed by atoms with Crippen molar-refractivity contribution >= 4 is 5.91 Å². The first-order valence-corrected chi connectivity index (χ1v) is 6.89. The van der Waals surface area contributed by atoms with Gasteiger partial charge in [-0.15, -0.1) is 0 Å². The number of methoxy groups -OCH3 is 1. The normalized spacial score (nSPS) is 20.9. The fourth-order valence-electron chi connectivity index (χ4n) is 2.40. The maximum atomic E-state index is 11.4. The van der Waals surface area contributed by atoms with Crippen LogP contribution in [0.2, 0.25) is 0 Å². The number of carbonyl (C=O) groups excluding carboxylic acids is 1. The Morgan fingerprint density at radius 1 is 1.45 bits per heavy atom. The van der Waals surface area contributed by atoms with E-state index in [9.17, 15) is 9.90 Å². The van der Waals surface area contributed by atoms with Crippen LogP contribution in [-0.2, 0) is 4.79 Å². The number of ether oxygens (including phenoxy) is 1. The molecule has 0 saturated carbocycles. The van der Waals surface area contributed by atoms with Gasteiger partial charge in [-0.1, -0.05) is 12.1 Å². The summed E-state index contributed by atoms with van der Waals surface area (Å²) in [6.07, 6.45) is 0.856. The van der Waals surface area contributed by atoms with Gasteiger partial charge in [-0.3, -0.25) is 4.79 Å². The molecule has 1 aliphatic rings. The molecular weight excluding hydrogens is 256 g/mol. The minimum absolute atomic E-state index is 0.193. The lowest BCUT2D eigenvalue weighted by Gasteiger charge is -2.30. The summed E-state index contributed by atoms with van der Waals surface area (Å²) in [7, 11) is 3.43. The lowest BCUT2D eigenvalue weighted by Crippen LogP contribution is -2.47. The average Bonchev–Trinajstić information content (AvgIpc) is 2.48. The predicted molar refractivity (Wildman–Crippen MR) is 76.6 cm³/mol. The predicted octanol–water partition coefficient (Wildman–Crippen LogP) is 0.939. The van der Waals surface area contributed by atoms with Crippen molar-refractivity contribution in [3.63, 3.8) is 0 Å². The maximum Gasteiger partial charge on any atom is 0.222 e. The van der Waals surface area contributed by atoms with Crippen LogP contribution >= 0.6 is 0 Å². The highest BCUT2D eigenvalue weighted by Crippen LogP contribution is 2.17. The molecule has 0 aromatic heterocycles. The second-order valence-corrected chi connectivity index (χ2v) is 5.21. The summed E-state index contributed by atoms with van der Waals surface area (Å²) in [6, 6.07) is 7.66. The Morgan fingerprint density at radius 2 is 2.15 bits per heavy atom. The van der Waals surface area contributed by atoms with Gasteiger partial charge in [0.1, 0.15) is 5.75 Å². The van der Waals surface area contributed by atoms with E-state index < -0.39 is 6.10 Å². The molecule has 2 N–H and O–H groups in total. The number of aliphatic hydroxyl groups excluding tert-OH is 1. The van der Waals surface area contributed by atoms with Crippen molar-refractivity contribution < 1.29 is 14.6 Å². The van der Waals surface area contributed by atoms with Gasteiger partial charge >= 0.3 is 0 Å².